The van der Waals surface area contributed by atoms with Gasteiger partial charge in [-0.25, -0.2) is 0 Å². The van der Waals surface area contributed by atoms with E-state index < -0.39 is 0 Å². The van der Waals surface area contributed by atoms with E-state index in [4.69, 9.17) is 5.73 Å². The molecule has 2 aliphatic rings. The van der Waals surface area contributed by atoms with Crippen LogP contribution >= 0.6 is 0 Å². The van der Waals surface area contributed by atoms with E-state index in [-0.39, 0.29) is 5.41 Å². The lowest BCUT2D eigenvalue weighted by Crippen LogP contribution is -2.48. The Kier molecular flexibility index (Phi) is 1.95. The molecular weight excluding hydrogens is 150 g/mol. The standard InChI is InChI=1S/C10H17NO/c11-7-10(5-2-6-10)9(12)8-3-1-4-8/h8H,1-7,11H2. The second-order valence-electron chi connectivity index (χ2n) is 4.33. The van der Waals surface area contributed by atoms with Crippen LogP contribution in [0, 0.1) is 11.3 Å². The van der Waals surface area contributed by atoms with Gasteiger partial charge in [-0.15, -0.1) is 0 Å². The Hall–Kier alpha value is -0.370. The second-order valence-corrected chi connectivity index (χ2v) is 4.33. The Labute approximate surface area is 73.5 Å². The molecular formula is C10H17NO. The minimum absolute atomic E-state index is 0.0644. The highest BCUT2D eigenvalue weighted by molar-refractivity contribution is 5.88. The van der Waals surface area contributed by atoms with E-state index in [2.05, 4.69) is 0 Å². The maximum Gasteiger partial charge on any atom is 0.143 e. The molecule has 68 valence electrons. The van der Waals surface area contributed by atoms with Crippen molar-refractivity contribution < 1.29 is 4.79 Å². The number of carbonyl (C=O) groups is 1. The summed E-state index contributed by atoms with van der Waals surface area (Å²) in [4.78, 5) is 11.9. The van der Waals surface area contributed by atoms with Gasteiger partial charge in [0.2, 0.25) is 0 Å². The number of rotatable bonds is 3. The zero-order valence-corrected chi connectivity index (χ0v) is 7.51. The van der Waals surface area contributed by atoms with E-state index >= 15 is 0 Å². The molecule has 2 fully saturated rings. The van der Waals surface area contributed by atoms with Crippen LogP contribution < -0.4 is 5.73 Å². The highest BCUT2D eigenvalue weighted by atomic mass is 16.1. The van der Waals surface area contributed by atoms with Gasteiger partial charge in [-0.1, -0.05) is 12.8 Å². The summed E-state index contributed by atoms with van der Waals surface area (Å²) >= 11 is 0. The Morgan fingerprint density at radius 3 is 2.25 bits per heavy atom. The molecule has 0 radical (unpaired) electrons. The Bertz CT molecular complexity index is 187. The molecule has 0 aliphatic heterocycles. The zero-order valence-electron chi connectivity index (χ0n) is 7.51. The number of ketones is 1. The van der Waals surface area contributed by atoms with Gasteiger partial charge < -0.3 is 5.73 Å². The first kappa shape index (κ1) is 8.24. The van der Waals surface area contributed by atoms with Gasteiger partial charge in [0.15, 0.2) is 0 Å². The van der Waals surface area contributed by atoms with Gasteiger partial charge in [-0.3, -0.25) is 4.79 Å². The van der Waals surface area contributed by atoms with E-state index in [1.165, 1.54) is 12.8 Å². The number of hydrogen-bond donors (Lipinski definition) is 1. The molecule has 2 N–H and O–H groups in total. The topological polar surface area (TPSA) is 43.1 Å². The molecule has 2 nitrogen and oxygen atoms in total. The average molecular weight is 167 g/mol. The van der Waals surface area contributed by atoms with E-state index in [0.717, 1.165) is 25.7 Å². The van der Waals surface area contributed by atoms with Crippen molar-refractivity contribution in [2.75, 3.05) is 6.54 Å². The molecule has 2 heteroatoms. The Morgan fingerprint density at radius 2 is 2.00 bits per heavy atom. The molecule has 0 unspecified atom stereocenters. The minimum atomic E-state index is -0.0644. The van der Waals surface area contributed by atoms with Crippen LogP contribution in [0.15, 0.2) is 0 Å². The zero-order chi connectivity index (χ0) is 8.60. The molecule has 0 aromatic heterocycles. The molecule has 0 atom stereocenters. The molecule has 2 saturated carbocycles. The number of hydrogen-bond acceptors (Lipinski definition) is 2. The molecule has 0 bridgehead atoms. The van der Waals surface area contributed by atoms with Gasteiger partial charge in [0.05, 0.1) is 0 Å². The predicted octanol–water partition coefficient (Wildman–Crippen LogP) is 1.48. The maximum atomic E-state index is 11.9. The second kappa shape index (κ2) is 2.84. The van der Waals surface area contributed by atoms with Crippen LogP contribution in [0.25, 0.3) is 0 Å². The van der Waals surface area contributed by atoms with E-state index in [9.17, 15) is 4.79 Å². The monoisotopic (exact) mass is 167 g/mol. The molecule has 0 heterocycles. The summed E-state index contributed by atoms with van der Waals surface area (Å²) in [6, 6.07) is 0. The summed E-state index contributed by atoms with van der Waals surface area (Å²) in [5.41, 5.74) is 5.60. The van der Waals surface area contributed by atoms with Gasteiger partial charge in [-0.05, 0) is 25.7 Å². The van der Waals surface area contributed by atoms with Crippen LogP contribution in [0.3, 0.4) is 0 Å². The highest BCUT2D eigenvalue weighted by Gasteiger charge is 2.46. The largest absolute Gasteiger partial charge is 0.329 e. The fraction of sp³-hybridized carbons (Fsp3) is 0.900. The summed E-state index contributed by atoms with van der Waals surface area (Å²) in [5, 5.41) is 0. The molecule has 2 rings (SSSR count). The summed E-state index contributed by atoms with van der Waals surface area (Å²) < 4.78 is 0. The SMILES string of the molecule is NCC1(C(=O)C2CCC2)CCC1. The van der Waals surface area contributed by atoms with Crippen molar-refractivity contribution in [1.82, 2.24) is 0 Å². The third-order valence-electron chi connectivity index (χ3n) is 3.70. The van der Waals surface area contributed by atoms with Crippen LogP contribution in [0.2, 0.25) is 0 Å². The van der Waals surface area contributed by atoms with Gasteiger partial charge in [0.1, 0.15) is 5.78 Å². The third kappa shape index (κ3) is 1.01. The molecule has 0 aromatic carbocycles. The van der Waals surface area contributed by atoms with E-state index in [0.29, 0.717) is 18.2 Å². The lowest BCUT2D eigenvalue weighted by Gasteiger charge is -2.43. The first-order valence-corrected chi connectivity index (χ1v) is 5.03. The van der Waals surface area contributed by atoms with E-state index in [1.54, 1.807) is 0 Å². The Morgan fingerprint density at radius 1 is 1.33 bits per heavy atom. The fourth-order valence-corrected chi connectivity index (χ4v) is 2.26. The number of Topliss-reactive ketones (excluding diaryl/α,β-unsaturated/α-hetero) is 1. The van der Waals surface area contributed by atoms with Crippen LogP contribution in [-0.4, -0.2) is 12.3 Å². The van der Waals surface area contributed by atoms with Gasteiger partial charge >= 0.3 is 0 Å². The first-order valence-electron chi connectivity index (χ1n) is 5.03. The molecule has 2 aliphatic carbocycles. The van der Waals surface area contributed by atoms with Crippen LogP contribution in [0.5, 0.6) is 0 Å². The lowest BCUT2D eigenvalue weighted by atomic mass is 9.60. The summed E-state index contributed by atoms with van der Waals surface area (Å²) in [7, 11) is 0. The van der Waals surface area contributed by atoms with Crippen LogP contribution in [0.1, 0.15) is 38.5 Å². The molecule has 0 spiro atoms. The fourth-order valence-electron chi connectivity index (χ4n) is 2.26. The van der Waals surface area contributed by atoms with Gasteiger partial charge in [0.25, 0.3) is 0 Å². The molecule has 0 aromatic rings. The van der Waals surface area contributed by atoms with Crippen molar-refractivity contribution in [3.05, 3.63) is 0 Å². The quantitative estimate of drug-likeness (QED) is 0.692. The van der Waals surface area contributed by atoms with Crippen molar-refractivity contribution in [2.24, 2.45) is 17.1 Å². The average Bonchev–Trinajstić information content (AvgIpc) is 1.81. The van der Waals surface area contributed by atoms with Crippen molar-refractivity contribution >= 4 is 5.78 Å². The number of carbonyl (C=O) groups excluding carboxylic acids is 1. The third-order valence-corrected chi connectivity index (χ3v) is 3.70. The number of nitrogens with two attached hydrogens (primary N) is 1. The Balaban J connectivity index is 2.00. The predicted molar refractivity (Wildman–Crippen MR) is 47.7 cm³/mol. The van der Waals surface area contributed by atoms with E-state index in [1.807, 2.05) is 0 Å². The molecule has 0 amide bonds. The van der Waals surface area contributed by atoms with Crippen molar-refractivity contribution in [2.45, 2.75) is 38.5 Å². The minimum Gasteiger partial charge on any atom is -0.329 e. The summed E-state index contributed by atoms with van der Waals surface area (Å²) in [6.45, 7) is 0.586. The van der Waals surface area contributed by atoms with Gasteiger partial charge in [-0.2, -0.15) is 0 Å². The summed E-state index contributed by atoms with van der Waals surface area (Å²) in [5.74, 6) is 0.872. The molecule has 12 heavy (non-hydrogen) atoms. The summed E-state index contributed by atoms with van der Waals surface area (Å²) in [6.07, 6.45) is 6.81. The maximum absolute atomic E-state index is 11.9. The van der Waals surface area contributed by atoms with Gasteiger partial charge in [0, 0.05) is 17.9 Å². The highest BCUT2D eigenvalue weighted by Crippen LogP contribution is 2.45. The molecule has 0 saturated heterocycles. The van der Waals surface area contributed by atoms with Crippen LogP contribution in [0.4, 0.5) is 0 Å². The van der Waals surface area contributed by atoms with Crippen molar-refractivity contribution in [3.8, 4) is 0 Å². The lowest BCUT2D eigenvalue weighted by molar-refractivity contribution is -0.139. The smallest absolute Gasteiger partial charge is 0.143 e. The first-order chi connectivity index (χ1) is 5.78. The van der Waals surface area contributed by atoms with Crippen molar-refractivity contribution in [1.29, 1.82) is 0 Å². The van der Waals surface area contributed by atoms with Crippen LogP contribution in [-0.2, 0) is 4.79 Å². The normalized spacial score (nSPS) is 27.4. The van der Waals surface area contributed by atoms with Crippen molar-refractivity contribution in [3.63, 3.8) is 0 Å².